The maximum absolute atomic E-state index is 14.4. The summed E-state index contributed by atoms with van der Waals surface area (Å²) in [4.78, 5) is 127. The second kappa shape index (κ2) is 39.9. The first-order valence-corrected chi connectivity index (χ1v) is 34.2. The van der Waals surface area contributed by atoms with Crippen LogP contribution in [0.2, 0.25) is 0 Å². The Morgan fingerprint density at radius 2 is 1.35 bits per heavy atom. The molecular weight excluding hydrogens is 1340 g/mol. The molecule has 0 aliphatic carbocycles. The minimum absolute atomic E-state index is 0.0171. The summed E-state index contributed by atoms with van der Waals surface area (Å²) in [6.07, 6.45) is -7.82. The normalized spacial score (nSPS) is 18.9. The lowest BCUT2D eigenvalue weighted by molar-refractivity contribution is -0.197. The van der Waals surface area contributed by atoms with Crippen molar-refractivity contribution in [2.24, 2.45) is 41.2 Å². The summed E-state index contributed by atoms with van der Waals surface area (Å²) >= 11 is 0. The average molecular weight is 1450 g/mol. The van der Waals surface area contributed by atoms with E-state index < -0.39 is 175 Å². The highest BCUT2D eigenvalue weighted by Crippen LogP contribution is 2.37. The van der Waals surface area contributed by atoms with Crippen LogP contribution in [-0.4, -0.2) is 213 Å². The van der Waals surface area contributed by atoms with E-state index in [1.807, 2.05) is 60.5 Å². The molecule has 13 atom stereocenters. The van der Waals surface area contributed by atoms with Crippen LogP contribution in [0.4, 0.5) is 45.6 Å². The van der Waals surface area contributed by atoms with E-state index in [9.17, 15) is 83.4 Å². The monoisotopic (exact) mass is 1450 g/mol. The number of likely N-dealkylation sites (N-methyl/N-ethyl adjacent to an activating group) is 2. The fraction of sp³-hybridized carbons (Fsp3) is 0.691. The van der Waals surface area contributed by atoms with E-state index in [0.29, 0.717) is 31.4 Å². The van der Waals surface area contributed by atoms with Crippen LogP contribution in [0.15, 0.2) is 24.3 Å². The molecule has 10 N–H and O–H groups in total. The van der Waals surface area contributed by atoms with Gasteiger partial charge in [-0.15, -0.1) is 0 Å². The van der Waals surface area contributed by atoms with Gasteiger partial charge in [-0.1, -0.05) is 80.9 Å². The topological polar surface area (TPSA) is 325 Å². The number of aliphatic hydroxyl groups is 1. The lowest BCUT2D eigenvalue weighted by atomic mass is 9.89. The number of carbonyl (C=O) groups is 9. The fourth-order valence-corrected chi connectivity index (χ4v) is 13.0. The van der Waals surface area contributed by atoms with E-state index in [1.165, 1.54) is 14.2 Å². The number of ether oxygens (including phenoxy) is 3. The number of primary amides is 1. The summed E-state index contributed by atoms with van der Waals surface area (Å²) < 4.78 is 129. The quantitative estimate of drug-likeness (QED) is 0.00752. The summed E-state index contributed by atoms with van der Waals surface area (Å²) in [5.74, 6) is -22.9. The van der Waals surface area contributed by atoms with Crippen LogP contribution >= 0.6 is 0 Å². The van der Waals surface area contributed by atoms with Gasteiger partial charge in [-0.3, -0.25) is 53.5 Å². The molecule has 0 saturated carbocycles. The zero-order valence-electron chi connectivity index (χ0n) is 60.1. The van der Waals surface area contributed by atoms with E-state index in [1.54, 1.807) is 61.9 Å². The Balaban J connectivity index is 1.32. The molecule has 2 aliphatic rings. The third-order valence-electron chi connectivity index (χ3n) is 18.7. The van der Waals surface area contributed by atoms with Crippen molar-refractivity contribution in [3.63, 3.8) is 0 Å². The molecule has 0 bridgehead atoms. The number of halogens is 8. The Hall–Kier alpha value is -7.33. The average Bonchev–Trinajstić information content (AvgIpc) is 1.05. The number of anilines is 1. The molecule has 2 aromatic carbocycles. The number of esters is 1. The Kier molecular flexibility index (Phi) is 34.0. The van der Waals surface area contributed by atoms with Gasteiger partial charge >= 0.3 is 18.2 Å². The molecule has 570 valence electrons. The van der Waals surface area contributed by atoms with E-state index in [2.05, 4.69) is 42.0 Å². The number of likely N-dealkylation sites (tertiary alicyclic amines) is 2. The van der Waals surface area contributed by atoms with E-state index in [-0.39, 0.29) is 99.4 Å². The SMILES string of the molecule is CC[C@H](C)[C@@H]([C@@H](CC(=O)N1CCC[C@H]1[C@H](OC)[C@@H](C)C(=O)NCC(O)NCc1ccc(NC(=O)[C@H](CCCNC(N)=O)NC(=O)[C@@H](NC(=O)CCCN2CCC(C(=O)Oc3c(F)c(F)c(F)c(F)c3F)CC2C(F)(F)F)C(C)C)cc1)OC)N(C)C(=O)[C@@H](NC(=O)[C@H](C(C)C)N(C)C)C(C)C. The van der Waals surface area contributed by atoms with Gasteiger partial charge in [0.2, 0.25) is 76.2 Å². The van der Waals surface area contributed by atoms with Gasteiger partial charge in [-0.05, 0) is 113 Å². The number of amides is 9. The molecule has 0 aromatic heterocycles. The minimum atomic E-state index is -4.98. The van der Waals surface area contributed by atoms with Crippen molar-refractivity contribution in [3.05, 3.63) is 58.9 Å². The molecule has 2 aliphatic heterocycles. The largest absolute Gasteiger partial charge is 0.420 e. The van der Waals surface area contributed by atoms with Gasteiger partial charge in [-0.2, -0.15) is 22.0 Å². The number of alkyl halides is 3. The molecule has 0 spiro atoms. The molecule has 2 aromatic rings. The first kappa shape index (κ1) is 86.1. The fourth-order valence-electron chi connectivity index (χ4n) is 13.0. The number of methoxy groups -OCH3 is 2. The maximum atomic E-state index is 14.4. The molecule has 2 saturated heterocycles. The number of benzene rings is 2. The third-order valence-corrected chi connectivity index (χ3v) is 18.7. The molecule has 3 unspecified atom stereocenters. The number of rotatable bonds is 38. The van der Waals surface area contributed by atoms with Crippen molar-refractivity contribution >= 4 is 59.0 Å². The summed E-state index contributed by atoms with van der Waals surface area (Å²) in [7, 11) is 8.27. The number of carbonyl (C=O) groups excluding carboxylic acids is 9. The van der Waals surface area contributed by atoms with Crippen molar-refractivity contribution in [1.29, 1.82) is 0 Å². The van der Waals surface area contributed by atoms with Crippen LogP contribution in [0.1, 0.15) is 132 Å². The molecule has 101 heavy (non-hydrogen) atoms. The smallest absolute Gasteiger partial charge is 0.404 e. The van der Waals surface area contributed by atoms with Gasteiger partial charge in [-0.25, -0.2) is 18.0 Å². The minimum Gasteiger partial charge on any atom is -0.420 e. The van der Waals surface area contributed by atoms with Gasteiger partial charge in [0.25, 0.3) is 0 Å². The van der Waals surface area contributed by atoms with Gasteiger partial charge < -0.3 is 66.8 Å². The number of hydrogen-bond acceptors (Lipinski definition) is 16. The number of nitrogens with two attached hydrogens (primary N) is 1. The maximum Gasteiger partial charge on any atom is 0.404 e. The first-order chi connectivity index (χ1) is 47.3. The number of urea groups is 1. The molecule has 2 heterocycles. The number of nitrogens with one attached hydrogen (secondary N) is 7. The second-order valence-corrected chi connectivity index (χ2v) is 27.3. The molecule has 0 radical (unpaired) electrons. The van der Waals surface area contributed by atoms with Crippen LogP contribution in [0, 0.1) is 64.6 Å². The summed E-state index contributed by atoms with van der Waals surface area (Å²) in [6, 6.07) is -1.68. The molecular formula is C68H104F8N12O13. The van der Waals surface area contributed by atoms with Gasteiger partial charge in [0, 0.05) is 53.0 Å². The number of piperidine rings is 1. The van der Waals surface area contributed by atoms with Crippen molar-refractivity contribution in [1.82, 2.24) is 51.5 Å². The highest BCUT2D eigenvalue weighted by Gasteiger charge is 2.49. The Bertz CT molecular complexity index is 3080. The van der Waals surface area contributed by atoms with Crippen molar-refractivity contribution in [2.45, 2.75) is 200 Å². The predicted molar refractivity (Wildman–Crippen MR) is 357 cm³/mol. The summed E-state index contributed by atoms with van der Waals surface area (Å²) in [6.45, 7) is 15.9. The molecule has 4 rings (SSSR count). The van der Waals surface area contributed by atoms with Crippen LogP contribution in [0.25, 0.3) is 0 Å². The first-order valence-electron chi connectivity index (χ1n) is 34.2. The van der Waals surface area contributed by atoms with Crippen molar-refractivity contribution < 1.29 is 97.6 Å². The Morgan fingerprint density at radius 3 is 1.89 bits per heavy atom. The van der Waals surface area contributed by atoms with Gasteiger partial charge in [0.1, 0.15) is 30.4 Å². The lowest BCUT2D eigenvalue weighted by Gasteiger charge is -2.41. The number of hydrogen-bond donors (Lipinski definition) is 9. The molecule has 9 amide bonds. The van der Waals surface area contributed by atoms with Crippen molar-refractivity contribution in [3.8, 4) is 5.75 Å². The molecule has 25 nitrogen and oxygen atoms in total. The lowest BCUT2D eigenvalue weighted by Crippen LogP contribution is -2.59. The zero-order chi connectivity index (χ0) is 76.1. The van der Waals surface area contributed by atoms with Crippen LogP contribution in [0.3, 0.4) is 0 Å². The number of nitrogens with zero attached hydrogens (tertiary/aromatic N) is 4. The summed E-state index contributed by atoms with van der Waals surface area (Å²) in [5, 5.41) is 30.0. The predicted octanol–water partition coefficient (Wildman–Crippen LogP) is 5.59. The van der Waals surface area contributed by atoms with Crippen LogP contribution in [0.5, 0.6) is 5.75 Å². The van der Waals surface area contributed by atoms with E-state index in [4.69, 9.17) is 15.2 Å². The molecule has 33 heteroatoms. The van der Waals surface area contributed by atoms with Crippen LogP contribution in [-0.2, 0) is 54.4 Å². The second-order valence-electron chi connectivity index (χ2n) is 27.3. The summed E-state index contributed by atoms with van der Waals surface area (Å²) in [5.41, 5.74) is 6.14. The van der Waals surface area contributed by atoms with Crippen molar-refractivity contribution in [2.75, 3.05) is 73.4 Å². The highest BCUT2D eigenvalue weighted by molar-refractivity contribution is 5.98. The van der Waals surface area contributed by atoms with E-state index >= 15 is 0 Å². The zero-order valence-corrected chi connectivity index (χ0v) is 60.1. The standard InChI is InChI=1S/C68H104F8N12O13/c1-15-38(8)58(86(12)65(96)56(36(4)5)84-64(95)57(37(6)7)85(10)11)45(99-13)32-49(91)88-29-17-20-44(88)59(100-14)39(9)61(92)80-34-48(90)79-33-40-22-24-42(25-23-40)81-62(93)43(19-16-27-78-67(77)98)82-63(94)55(35(2)3)83-47(89)21-18-28-87-30-26-41(31-46(87)68(74,75)76)66(97)101-60-53(72)51(70)50(69)52(71)54(60)73/h22-25,35-39,41,43-46,48,55-59,79,90H,15-21,26-34H2,1-14H3,(H,80,92)(H,81,93)(H,82,94)(H,83,89)(H,84,95)(H3,77,78,98)/t38-,39+,41?,43-,44-,45+,46?,48?,55-,56-,57-,58-,59+/m0/s1. The van der Waals surface area contributed by atoms with E-state index in [0.717, 1.165) is 4.90 Å². The Labute approximate surface area is 585 Å². The van der Waals surface area contributed by atoms with Gasteiger partial charge in [0.15, 0.2) is 0 Å². The number of aliphatic hydroxyl groups excluding tert-OH is 1. The third kappa shape index (κ3) is 24.4. The highest BCUT2D eigenvalue weighted by atomic mass is 19.4. The van der Waals surface area contributed by atoms with Gasteiger partial charge in [0.05, 0.1) is 55.1 Å². The van der Waals surface area contributed by atoms with Crippen LogP contribution < -0.4 is 47.7 Å². The Morgan fingerprint density at radius 1 is 0.733 bits per heavy atom. The molecule has 2 fully saturated rings.